The van der Waals surface area contributed by atoms with Crippen molar-refractivity contribution in [1.82, 2.24) is 0 Å². The van der Waals surface area contributed by atoms with E-state index in [0.29, 0.717) is 12.3 Å². The van der Waals surface area contributed by atoms with Gasteiger partial charge in [0.25, 0.3) is 0 Å². The van der Waals surface area contributed by atoms with Crippen molar-refractivity contribution < 1.29 is 9.53 Å². The predicted octanol–water partition coefficient (Wildman–Crippen LogP) is 0.677. The summed E-state index contributed by atoms with van der Waals surface area (Å²) in [6.45, 7) is 2.08. The number of ether oxygens (including phenoxy) is 1. The Balaban J connectivity index is 2.41. The van der Waals surface area contributed by atoms with Crippen LogP contribution in [-0.4, -0.2) is 18.6 Å². The molecule has 1 aliphatic carbocycles. The van der Waals surface area contributed by atoms with Crippen LogP contribution >= 0.6 is 0 Å². The fraction of sp³-hybridized carbons (Fsp3) is 0.875. The highest BCUT2D eigenvalue weighted by molar-refractivity contribution is 5.71. The maximum atomic E-state index is 10.9. The zero-order valence-corrected chi connectivity index (χ0v) is 7.09. The molecule has 1 rings (SSSR count). The Morgan fingerprint density at radius 2 is 2.45 bits per heavy atom. The lowest BCUT2D eigenvalue weighted by atomic mass is 9.66. The topological polar surface area (TPSA) is 52.3 Å². The van der Waals surface area contributed by atoms with Gasteiger partial charge in [0.05, 0.1) is 13.5 Å². The van der Waals surface area contributed by atoms with Gasteiger partial charge in [-0.25, -0.2) is 0 Å². The molecule has 1 fully saturated rings. The van der Waals surface area contributed by atoms with E-state index in [-0.39, 0.29) is 11.5 Å². The van der Waals surface area contributed by atoms with Gasteiger partial charge in [-0.05, 0) is 18.8 Å². The average Bonchev–Trinajstić information content (AvgIpc) is 2.01. The molecule has 3 nitrogen and oxygen atoms in total. The first-order valence-electron chi connectivity index (χ1n) is 3.94. The third kappa shape index (κ3) is 1.53. The maximum Gasteiger partial charge on any atom is 0.307 e. The van der Waals surface area contributed by atoms with Crippen molar-refractivity contribution in [2.75, 3.05) is 7.11 Å². The van der Waals surface area contributed by atoms with Gasteiger partial charge in [0.2, 0.25) is 0 Å². The molecule has 64 valence electrons. The largest absolute Gasteiger partial charge is 0.469 e. The number of carbonyl (C=O) groups excluding carboxylic acids is 1. The number of hydrogen-bond acceptors (Lipinski definition) is 3. The van der Waals surface area contributed by atoms with Crippen molar-refractivity contribution in [2.24, 2.45) is 11.7 Å². The van der Waals surface area contributed by atoms with Crippen molar-refractivity contribution in [3.8, 4) is 0 Å². The summed E-state index contributed by atoms with van der Waals surface area (Å²) in [5, 5.41) is 0. The summed E-state index contributed by atoms with van der Waals surface area (Å²) >= 11 is 0. The summed E-state index contributed by atoms with van der Waals surface area (Å²) in [7, 11) is 1.40. The monoisotopic (exact) mass is 157 g/mol. The first-order chi connectivity index (χ1) is 5.08. The summed E-state index contributed by atoms with van der Waals surface area (Å²) in [5.41, 5.74) is 5.65. The molecule has 0 spiro atoms. The van der Waals surface area contributed by atoms with E-state index in [9.17, 15) is 4.79 Å². The smallest absolute Gasteiger partial charge is 0.307 e. The molecule has 2 atom stereocenters. The van der Waals surface area contributed by atoms with Gasteiger partial charge in [-0.1, -0.05) is 6.92 Å². The second-order valence-electron chi connectivity index (χ2n) is 3.43. The minimum atomic E-state index is -0.271. The van der Waals surface area contributed by atoms with Crippen LogP contribution in [0.3, 0.4) is 0 Å². The van der Waals surface area contributed by atoms with Gasteiger partial charge in [-0.3, -0.25) is 4.79 Å². The SMILES string of the molecule is COC(=O)CC1(N)CCC1C. The number of methoxy groups -OCH3 is 1. The van der Waals surface area contributed by atoms with Crippen LogP contribution in [-0.2, 0) is 9.53 Å². The highest BCUT2D eigenvalue weighted by atomic mass is 16.5. The van der Waals surface area contributed by atoms with E-state index in [1.165, 1.54) is 7.11 Å². The molecule has 0 amide bonds. The van der Waals surface area contributed by atoms with E-state index >= 15 is 0 Å². The lowest BCUT2D eigenvalue weighted by Crippen LogP contribution is -2.55. The molecule has 0 heterocycles. The highest BCUT2D eigenvalue weighted by Crippen LogP contribution is 2.38. The van der Waals surface area contributed by atoms with Gasteiger partial charge in [0.1, 0.15) is 0 Å². The third-order valence-corrected chi connectivity index (χ3v) is 2.73. The molecule has 0 aromatic carbocycles. The lowest BCUT2D eigenvalue weighted by Gasteiger charge is -2.44. The molecule has 0 bridgehead atoms. The van der Waals surface area contributed by atoms with E-state index in [1.54, 1.807) is 0 Å². The molecular formula is C8H15NO2. The Hall–Kier alpha value is -0.570. The van der Waals surface area contributed by atoms with Gasteiger partial charge in [-0.2, -0.15) is 0 Å². The summed E-state index contributed by atoms with van der Waals surface area (Å²) < 4.78 is 4.55. The van der Waals surface area contributed by atoms with Crippen molar-refractivity contribution in [1.29, 1.82) is 0 Å². The summed E-state index contributed by atoms with van der Waals surface area (Å²) in [6.07, 6.45) is 2.45. The Kier molecular flexibility index (Phi) is 2.18. The predicted molar refractivity (Wildman–Crippen MR) is 41.9 cm³/mol. The first-order valence-corrected chi connectivity index (χ1v) is 3.94. The molecule has 1 aliphatic rings. The molecule has 0 saturated heterocycles. The van der Waals surface area contributed by atoms with Gasteiger partial charge < -0.3 is 10.5 Å². The minimum absolute atomic E-state index is 0.195. The third-order valence-electron chi connectivity index (χ3n) is 2.73. The van der Waals surface area contributed by atoms with Crippen LogP contribution in [0.15, 0.2) is 0 Å². The molecule has 1 saturated carbocycles. The van der Waals surface area contributed by atoms with Gasteiger partial charge in [0, 0.05) is 5.54 Å². The summed E-state index contributed by atoms with van der Waals surface area (Å²) in [6, 6.07) is 0. The van der Waals surface area contributed by atoms with Gasteiger partial charge in [-0.15, -0.1) is 0 Å². The Morgan fingerprint density at radius 1 is 1.82 bits per heavy atom. The van der Waals surface area contributed by atoms with Crippen molar-refractivity contribution in [2.45, 2.75) is 31.7 Å². The minimum Gasteiger partial charge on any atom is -0.469 e. The number of nitrogens with two attached hydrogens (primary N) is 1. The second-order valence-corrected chi connectivity index (χ2v) is 3.43. The maximum absolute atomic E-state index is 10.9. The normalized spacial score (nSPS) is 36.1. The molecular weight excluding hydrogens is 142 g/mol. The van der Waals surface area contributed by atoms with Gasteiger partial charge in [0.15, 0.2) is 0 Å². The zero-order valence-electron chi connectivity index (χ0n) is 7.09. The first kappa shape index (κ1) is 8.53. The van der Waals surface area contributed by atoms with Crippen LogP contribution < -0.4 is 5.73 Å². The molecule has 0 aliphatic heterocycles. The molecule has 2 unspecified atom stereocenters. The Labute approximate surface area is 66.9 Å². The van der Waals surface area contributed by atoms with E-state index in [1.807, 2.05) is 0 Å². The zero-order chi connectivity index (χ0) is 8.48. The van der Waals surface area contributed by atoms with Crippen molar-refractivity contribution in [3.63, 3.8) is 0 Å². The van der Waals surface area contributed by atoms with E-state index in [0.717, 1.165) is 12.8 Å². The summed E-state index contributed by atoms with van der Waals surface area (Å²) in [5.74, 6) is 0.264. The fourth-order valence-electron chi connectivity index (χ4n) is 1.41. The molecule has 3 heteroatoms. The molecule has 0 radical (unpaired) electrons. The number of carbonyl (C=O) groups is 1. The standard InChI is InChI=1S/C8H15NO2/c1-6-3-4-8(6,9)5-7(10)11-2/h6H,3-5,9H2,1-2H3. The Bertz CT molecular complexity index is 169. The number of rotatable bonds is 2. The molecule has 0 aromatic heterocycles. The van der Waals surface area contributed by atoms with Crippen LogP contribution in [0.4, 0.5) is 0 Å². The molecule has 2 N–H and O–H groups in total. The highest BCUT2D eigenvalue weighted by Gasteiger charge is 2.42. The average molecular weight is 157 g/mol. The van der Waals surface area contributed by atoms with Crippen LogP contribution in [0, 0.1) is 5.92 Å². The quantitative estimate of drug-likeness (QED) is 0.599. The van der Waals surface area contributed by atoms with Crippen LogP contribution in [0.2, 0.25) is 0 Å². The van der Waals surface area contributed by atoms with Crippen molar-refractivity contribution >= 4 is 5.97 Å². The van der Waals surface area contributed by atoms with Crippen LogP contribution in [0.1, 0.15) is 26.2 Å². The van der Waals surface area contributed by atoms with E-state index in [4.69, 9.17) is 5.73 Å². The van der Waals surface area contributed by atoms with E-state index in [2.05, 4.69) is 11.7 Å². The fourth-order valence-corrected chi connectivity index (χ4v) is 1.41. The lowest BCUT2D eigenvalue weighted by molar-refractivity contribution is -0.143. The molecule has 11 heavy (non-hydrogen) atoms. The number of hydrogen-bond donors (Lipinski definition) is 1. The number of esters is 1. The Morgan fingerprint density at radius 3 is 2.73 bits per heavy atom. The van der Waals surface area contributed by atoms with Crippen LogP contribution in [0.25, 0.3) is 0 Å². The van der Waals surface area contributed by atoms with Crippen LogP contribution in [0.5, 0.6) is 0 Å². The second kappa shape index (κ2) is 2.81. The summed E-state index contributed by atoms with van der Waals surface area (Å²) in [4.78, 5) is 10.9. The van der Waals surface area contributed by atoms with E-state index < -0.39 is 0 Å². The van der Waals surface area contributed by atoms with Crippen molar-refractivity contribution in [3.05, 3.63) is 0 Å². The van der Waals surface area contributed by atoms with Gasteiger partial charge >= 0.3 is 5.97 Å². The molecule has 0 aromatic rings.